The molecule has 0 radical (unpaired) electrons. The first-order valence-corrected chi connectivity index (χ1v) is 10.1. The molecular weight excluding hydrogens is 407 g/mol. The highest BCUT2D eigenvalue weighted by atomic mass is 35.5. The number of amides is 1. The van der Waals surface area contributed by atoms with Gasteiger partial charge in [-0.3, -0.25) is 4.79 Å². The van der Waals surface area contributed by atoms with E-state index in [4.69, 9.17) is 33.7 Å². The third-order valence-electron chi connectivity index (χ3n) is 4.67. The lowest BCUT2D eigenvalue weighted by molar-refractivity contribution is 0.0955. The van der Waals surface area contributed by atoms with Gasteiger partial charge in [0.05, 0.1) is 27.2 Å². The highest BCUT2D eigenvalue weighted by Crippen LogP contribution is 2.46. The highest BCUT2D eigenvalue weighted by Gasteiger charge is 2.28. The second-order valence-corrected chi connectivity index (χ2v) is 8.47. The standard InChI is InChI=1S/C18H14Cl2N4O2S/c19-10-6-11(20)15-8(3-4-26-15)13(10)14-9-5-12(16(25)22-7-1-2-7)27-17(9)24-18(21)23-14/h5-7H,1-4H2,(H,22,25)(H2,21,23,24). The zero-order chi connectivity index (χ0) is 18.7. The Morgan fingerprint density at radius 1 is 1.26 bits per heavy atom. The number of fused-ring (bicyclic) bond motifs is 2. The molecule has 0 saturated heterocycles. The van der Waals surface area contributed by atoms with Crippen LogP contribution in [0.15, 0.2) is 12.1 Å². The Bertz CT molecular complexity index is 1110. The number of carbonyl (C=O) groups is 1. The SMILES string of the molecule is Nc1nc(-c2c(Cl)cc(Cl)c3c2CCO3)c2cc(C(=O)NC3CC3)sc2n1. The Morgan fingerprint density at radius 3 is 2.85 bits per heavy atom. The smallest absolute Gasteiger partial charge is 0.261 e. The number of benzene rings is 1. The lowest BCUT2D eigenvalue weighted by atomic mass is 10.00. The fourth-order valence-electron chi connectivity index (χ4n) is 3.28. The molecule has 6 nitrogen and oxygen atoms in total. The maximum atomic E-state index is 12.5. The summed E-state index contributed by atoms with van der Waals surface area (Å²) in [5.74, 6) is 0.663. The van der Waals surface area contributed by atoms with Crippen molar-refractivity contribution in [1.82, 2.24) is 15.3 Å². The van der Waals surface area contributed by atoms with Gasteiger partial charge in [0, 0.05) is 29.0 Å². The van der Waals surface area contributed by atoms with E-state index in [2.05, 4.69) is 15.3 Å². The molecule has 1 aliphatic heterocycles. The van der Waals surface area contributed by atoms with E-state index < -0.39 is 0 Å². The van der Waals surface area contributed by atoms with Crippen molar-refractivity contribution in [1.29, 1.82) is 0 Å². The molecule has 1 amide bonds. The summed E-state index contributed by atoms with van der Waals surface area (Å²) in [5.41, 5.74) is 8.19. The van der Waals surface area contributed by atoms with Crippen LogP contribution in [0.2, 0.25) is 10.0 Å². The molecule has 2 aliphatic rings. The molecule has 1 fully saturated rings. The van der Waals surface area contributed by atoms with E-state index in [-0.39, 0.29) is 17.9 Å². The van der Waals surface area contributed by atoms with Gasteiger partial charge in [0.15, 0.2) is 0 Å². The summed E-state index contributed by atoms with van der Waals surface area (Å²) in [6.45, 7) is 0.533. The molecule has 1 aliphatic carbocycles. The third-order valence-corrected chi connectivity index (χ3v) is 6.27. The number of anilines is 1. The Labute approximate surface area is 168 Å². The van der Waals surface area contributed by atoms with E-state index in [1.807, 2.05) is 0 Å². The number of hydrogen-bond donors (Lipinski definition) is 2. The highest BCUT2D eigenvalue weighted by molar-refractivity contribution is 7.20. The second-order valence-electron chi connectivity index (χ2n) is 6.63. The summed E-state index contributed by atoms with van der Waals surface area (Å²) in [5, 5.41) is 4.69. The van der Waals surface area contributed by atoms with Crippen molar-refractivity contribution < 1.29 is 9.53 Å². The minimum absolute atomic E-state index is 0.0965. The van der Waals surface area contributed by atoms with Crippen molar-refractivity contribution in [3.63, 3.8) is 0 Å². The van der Waals surface area contributed by atoms with Gasteiger partial charge in [0.2, 0.25) is 5.95 Å². The molecule has 1 aromatic carbocycles. The number of hydrogen-bond acceptors (Lipinski definition) is 6. The van der Waals surface area contributed by atoms with Gasteiger partial charge in [-0.05, 0) is 25.0 Å². The minimum atomic E-state index is -0.0965. The lowest BCUT2D eigenvalue weighted by Crippen LogP contribution is -2.24. The van der Waals surface area contributed by atoms with Crippen molar-refractivity contribution in [2.45, 2.75) is 25.3 Å². The summed E-state index contributed by atoms with van der Waals surface area (Å²) >= 11 is 14.1. The van der Waals surface area contributed by atoms with E-state index >= 15 is 0 Å². The van der Waals surface area contributed by atoms with E-state index in [1.165, 1.54) is 11.3 Å². The van der Waals surface area contributed by atoms with E-state index in [9.17, 15) is 4.79 Å². The monoisotopic (exact) mass is 420 g/mol. The van der Waals surface area contributed by atoms with Gasteiger partial charge >= 0.3 is 0 Å². The largest absolute Gasteiger partial charge is 0.491 e. The zero-order valence-corrected chi connectivity index (χ0v) is 16.3. The van der Waals surface area contributed by atoms with E-state index in [0.29, 0.717) is 44.2 Å². The summed E-state index contributed by atoms with van der Waals surface area (Å²) in [6, 6.07) is 3.74. The summed E-state index contributed by atoms with van der Waals surface area (Å²) < 4.78 is 5.66. The van der Waals surface area contributed by atoms with Crippen molar-refractivity contribution in [3.05, 3.63) is 32.6 Å². The molecule has 3 heterocycles. The quantitative estimate of drug-likeness (QED) is 0.665. The fourth-order valence-corrected chi connectivity index (χ4v) is 4.87. The van der Waals surface area contributed by atoms with Gasteiger partial charge in [-0.25, -0.2) is 9.97 Å². The molecule has 2 aromatic heterocycles. The van der Waals surface area contributed by atoms with Crippen molar-refractivity contribution >= 4 is 56.6 Å². The number of carbonyl (C=O) groups excluding carboxylic acids is 1. The molecule has 5 rings (SSSR count). The molecule has 9 heteroatoms. The van der Waals surface area contributed by atoms with E-state index in [0.717, 1.165) is 29.4 Å². The average Bonchev–Trinajstić information content (AvgIpc) is 3.12. The number of rotatable bonds is 3. The molecule has 0 unspecified atom stereocenters. The number of thiophene rings is 1. The number of nitrogens with one attached hydrogen (secondary N) is 1. The first-order valence-electron chi connectivity index (χ1n) is 8.53. The number of nitrogen functional groups attached to an aromatic ring is 1. The average molecular weight is 421 g/mol. The van der Waals surface area contributed by atoms with Crippen molar-refractivity contribution in [3.8, 4) is 17.0 Å². The number of nitrogens with two attached hydrogens (primary N) is 1. The zero-order valence-electron chi connectivity index (χ0n) is 14.0. The predicted molar refractivity (Wildman–Crippen MR) is 107 cm³/mol. The maximum absolute atomic E-state index is 12.5. The van der Waals surface area contributed by atoms with Crippen LogP contribution < -0.4 is 15.8 Å². The Morgan fingerprint density at radius 2 is 2.07 bits per heavy atom. The Balaban J connectivity index is 1.71. The van der Waals surface area contributed by atoms with E-state index in [1.54, 1.807) is 12.1 Å². The van der Waals surface area contributed by atoms with Gasteiger partial charge < -0.3 is 15.8 Å². The molecule has 1 saturated carbocycles. The van der Waals surface area contributed by atoms with Gasteiger partial charge in [-0.2, -0.15) is 0 Å². The molecule has 0 spiro atoms. The first-order chi connectivity index (χ1) is 13.0. The number of halogens is 2. The van der Waals surface area contributed by atoms with Crippen molar-refractivity contribution in [2.75, 3.05) is 12.3 Å². The Kier molecular flexibility index (Phi) is 3.93. The predicted octanol–water partition coefficient (Wildman–Crippen LogP) is 4.07. The number of nitrogens with zero attached hydrogens (tertiary/aromatic N) is 2. The second kappa shape index (κ2) is 6.22. The number of ether oxygens (including phenoxy) is 1. The van der Waals surface area contributed by atoms with Crippen LogP contribution in [-0.2, 0) is 6.42 Å². The maximum Gasteiger partial charge on any atom is 0.261 e. The van der Waals surface area contributed by atoms with Crippen LogP contribution in [0.3, 0.4) is 0 Å². The van der Waals surface area contributed by atoms with Crippen LogP contribution in [0, 0.1) is 0 Å². The number of aromatic nitrogens is 2. The summed E-state index contributed by atoms with van der Waals surface area (Å²) in [6.07, 6.45) is 2.73. The topological polar surface area (TPSA) is 90.1 Å². The minimum Gasteiger partial charge on any atom is -0.491 e. The lowest BCUT2D eigenvalue weighted by Gasteiger charge is -2.12. The molecule has 138 valence electrons. The fraction of sp³-hybridized carbons (Fsp3) is 0.278. The van der Waals surface area contributed by atoms with Crippen LogP contribution >= 0.6 is 34.5 Å². The molecule has 3 aromatic rings. The summed E-state index contributed by atoms with van der Waals surface area (Å²) in [4.78, 5) is 22.4. The van der Waals surface area contributed by atoms with Gasteiger partial charge in [-0.1, -0.05) is 23.2 Å². The molecule has 27 heavy (non-hydrogen) atoms. The first kappa shape index (κ1) is 17.0. The molecule has 3 N–H and O–H groups in total. The third kappa shape index (κ3) is 2.90. The van der Waals surface area contributed by atoms with Gasteiger partial charge in [0.1, 0.15) is 10.6 Å². The summed E-state index contributed by atoms with van der Waals surface area (Å²) in [7, 11) is 0. The Hall–Kier alpha value is -2.09. The van der Waals surface area contributed by atoms with Crippen LogP contribution in [0.4, 0.5) is 5.95 Å². The van der Waals surface area contributed by atoms with Crippen LogP contribution in [0.1, 0.15) is 28.1 Å². The van der Waals surface area contributed by atoms with Crippen LogP contribution in [0.5, 0.6) is 5.75 Å². The normalized spacial score (nSPS) is 15.6. The van der Waals surface area contributed by atoms with Crippen LogP contribution in [-0.4, -0.2) is 28.5 Å². The molecule has 0 atom stereocenters. The van der Waals surface area contributed by atoms with Crippen LogP contribution in [0.25, 0.3) is 21.5 Å². The van der Waals surface area contributed by atoms with Crippen molar-refractivity contribution in [2.24, 2.45) is 0 Å². The molecular formula is C18H14Cl2N4O2S. The van der Waals surface area contributed by atoms with Gasteiger partial charge in [0.25, 0.3) is 5.91 Å². The molecule has 0 bridgehead atoms. The van der Waals surface area contributed by atoms with Gasteiger partial charge in [-0.15, -0.1) is 11.3 Å².